The van der Waals surface area contributed by atoms with Crippen molar-refractivity contribution in [2.24, 2.45) is 0 Å². The summed E-state index contributed by atoms with van der Waals surface area (Å²) in [5.41, 5.74) is 0.617. The van der Waals surface area contributed by atoms with Crippen molar-refractivity contribution in [3.05, 3.63) is 30.0 Å². The number of ether oxygens (including phenoxy) is 1. The molecule has 0 amide bonds. The third-order valence-electron chi connectivity index (χ3n) is 2.11. The fourth-order valence-corrected chi connectivity index (χ4v) is 1.44. The number of hydrogen-bond acceptors (Lipinski definition) is 4. The van der Waals surface area contributed by atoms with Crippen molar-refractivity contribution in [1.29, 1.82) is 10.5 Å². The molecule has 2 aromatic rings. The van der Waals surface area contributed by atoms with E-state index in [4.69, 9.17) is 19.7 Å². The van der Waals surface area contributed by atoms with E-state index in [0.717, 1.165) is 5.39 Å². The third-order valence-corrected chi connectivity index (χ3v) is 2.11. The molecule has 4 nitrogen and oxygen atoms in total. The minimum Gasteiger partial charge on any atom is -0.487 e. The average molecular weight is 212 g/mol. The molecule has 0 N–H and O–H groups in total. The lowest BCUT2D eigenvalue weighted by Crippen LogP contribution is -1.96. The van der Waals surface area contributed by atoms with Crippen LogP contribution >= 0.6 is 0 Å². The number of nitriles is 2. The molecular weight excluding hydrogens is 204 g/mol. The molecule has 78 valence electrons. The molecule has 0 radical (unpaired) electrons. The molecule has 4 heteroatoms. The van der Waals surface area contributed by atoms with E-state index in [1.165, 1.54) is 0 Å². The van der Waals surface area contributed by atoms with Gasteiger partial charge >= 0.3 is 0 Å². The van der Waals surface area contributed by atoms with Gasteiger partial charge in [-0.05, 0) is 12.1 Å². The van der Waals surface area contributed by atoms with Crippen LogP contribution in [0.4, 0.5) is 0 Å². The third kappa shape index (κ3) is 1.69. The molecule has 1 aromatic heterocycles. The second kappa shape index (κ2) is 4.37. The van der Waals surface area contributed by atoms with E-state index in [9.17, 15) is 0 Å². The lowest BCUT2D eigenvalue weighted by molar-refractivity contribution is 0.323. The molecule has 1 heterocycles. The summed E-state index contributed by atoms with van der Waals surface area (Å²) in [6, 6.07) is 11.2. The average Bonchev–Trinajstić information content (AvgIpc) is 2.68. The fraction of sp³-hybridized carbons (Fsp3) is 0.167. The van der Waals surface area contributed by atoms with E-state index < -0.39 is 0 Å². The smallest absolute Gasteiger partial charge is 0.246 e. The van der Waals surface area contributed by atoms with Crippen LogP contribution in [0.1, 0.15) is 12.2 Å². The summed E-state index contributed by atoms with van der Waals surface area (Å²) in [5.74, 6) is 0.576. The number of hydrogen-bond donors (Lipinski definition) is 0. The maximum Gasteiger partial charge on any atom is 0.246 e. The molecule has 0 fully saturated rings. The molecule has 0 saturated carbocycles. The van der Waals surface area contributed by atoms with Gasteiger partial charge in [0, 0.05) is 0 Å². The van der Waals surface area contributed by atoms with Gasteiger partial charge in [0.15, 0.2) is 5.75 Å². The van der Waals surface area contributed by atoms with E-state index in [1.807, 2.05) is 30.3 Å². The summed E-state index contributed by atoms with van der Waals surface area (Å²) in [4.78, 5) is 0. The number of rotatable bonds is 3. The van der Waals surface area contributed by atoms with Crippen molar-refractivity contribution in [2.45, 2.75) is 6.42 Å². The van der Waals surface area contributed by atoms with Crippen molar-refractivity contribution in [3.63, 3.8) is 0 Å². The van der Waals surface area contributed by atoms with Crippen molar-refractivity contribution in [2.75, 3.05) is 6.61 Å². The Hall–Kier alpha value is -2.46. The van der Waals surface area contributed by atoms with Crippen LogP contribution in [0, 0.1) is 22.7 Å². The van der Waals surface area contributed by atoms with Crippen molar-refractivity contribution in [3.8, 4) is 17.9 Å². The molecule has 0 spiro atoms. The van der Waals surface area contributed by atoms with E-state index in [-0.39, 0.29) is 18.8 Å². The molecule has 0 aliphatic carbocycles. The van der Waals surface area contributed by atoms with E-state index in [2.05, 4.69) is 0 Å². The van der Waals surface area contributed by atoms with Gasteiger partial charge in [0.25, 0.3) is 0 Å². The summed E-state index contributed by atoms with van der Waals surface area (Å²) in [5, 5.41) is 18.1. The highest BCUT2D eigenvalue weighted by Gasteiger charge is 2.14. The van der Waals surface area contributed by atoms with Crippen LogP contribution in [0.2, 0.25) is 0 Å². The van der Waals surface area contributed by atoms with Crippen molar-refractivity contribution in [1.82, 2.24) is 0 Å². The Kier molecular flexibility index (Phi) is 2.75. The van der Waals surface area contributed by atoms with Gasteiger partial charge in [-0.1, -0.05) is 12.1 Å². The zero-order valence-electron chi connectivity index (χ0n) is 8.43. The Morgan fingerprint density at radius 2 is 2.06 bits per heavy atom. The summed E-state index contributed by atoms with van der Waals surface area (Å²) < 4.78 is 10.7. The van der Waals surface area contributed by atoms with E-state index in [1.54, 1.807) is 6.07 Å². The van der Waals surface area contributed by atoms with Gasteiger partial charge in [-0.2, -0.15) is 10.5 Å². The minimum absolute atomic E-state index is 0.152. The molecular formula is C12H8N2O2. The number of fused-ring (bicyclic) bond motifs is 1. The van der Waals surface area contributed by atoms with Gasteiger partial charge in [-0.3, -0.25) is 0 Å². The molecule has 2 rings (SSSR count). The molecule has 0 bridgehead atoms. The second-order valence-corrected chi connectivity index (χ2v) is 3.12. The van der Waals surface area contributed by atoms with Crippen LogP contribution in [0.5, 0.6) is 5.75 Å². The first-order valence-electron chi connectivity index (χ1n) is 4.78. The lowest BCUT2D eigenvalue weighted by atomic mass is 10.2. The van der Waals surface area contributed by atoms with E-state index in [0.29, 0.717) is 11.3 Å². The minimum atomic E-state index is 0.152. The Morgan fingerprint density at radius 1 is 1.25 bits per heavy atom. The summed E-state index contributed by atoms with van der Waals surface area (Å²) in [7, 11) is 0. The highest BCUT2D eigenvalue weighted by atomic mass is 16.5. The zero-order chi connectivity index (χ0) is 11.4. The lowest BCUT2D eigenvalue weighted by Gasteiger charge is -2.00. The van der Waals surface area contributed by atoms with Gasteiger partial charge in [0.2, 0.25) is 5.76 Å². The normalized spacial score (nSPS) is 9.62. The highest BCUT2D eigenvalue weighted by molar-refractivity contribution is 5.86. The predicted octanol–water partition coefficient (Wildman–Crippen LogP) is 2.60. The van der Waals surface area contributed by atoms with Gasteiger partial charge in [0.1, 0.15) is 18.3 Å². The standard InChI is InChI=1S/C12H8N2O2/c13-6-3-7-15-12-9-4-1-2-5-10(9)16-11(12)8-14/h1-2,4-5H,3,7H2. The molecule has 0 unspecified atom stereocenters. The summed E-state index contributed by atoms with van der Waals surface area (Å²) >= 11 is 0. The van der Waals surface area contributed by atoms with Crippen LogP contribution in [0.25, 0.3) is 11.0 Å². The Morgan fingerprint density at radius 3 is 2.81 bits per heavy atom. The fourth-order valence-electron chi connectivity index (χ4n) is 1.44. The van der Waals surface area contributed by atoms with Gasteiger partial charge < -0.3 is 9.15 Å². The molecule has 0 saturated heterocycles. The topological polar surface area (TPSA) is 69.9 Å². The van der Waals surface area contributed by atoms with Crippen LogP contribution in [0.15, 0.2) is 28.7 Å². The zero-order valence-corrected chi connectivity index (χ0v) is 8.43. The maximum absolute atomic E-state index is 8.89. The number of nitrogens with zero attached hydrogens (tertiary/aromatic N) is 2. The highest BCUT2D eigenvalue weighted by Crippen LogP contribution is 2.32. The monoisotopic (exact) mass is 212 g/mol. The molecule has 0 aliphatic rings. The summed E-state index contributed by atoms with van der Waals surface area (Å²) in [6.45, 7) is 0.259. The van der Waals surface area contributed by atoms with Gasteiger partial charge in [0.05, 0.1) is 17.9 Å². The van der Waals surface area contributed by atoms with E-state index >= 15 is 0 Å². The molecule has 16 heavy (non-hydrogen) atoms. The van der Waals surface area contributed by atoms with Crippen LogP contribution in [-0.2, 0) is 0 Å². The molecule has 0 aliphatic heterocycles. The maximum atomic E-state index is 8.89. The van der Waals surface area contributed by atoms with Crippen LogP contribution in [0.3, 0.4) is 0 Å². The van der Waals surface area contributed by atoms with Gasteiger partial charge in [-0.25, -0.2) is 0 Å². The second-order valence-electron chi connectivity index (χ2n) is 3.12. The number of para-hydroxylation sites is 1. The Balaban J connectivity index is 2.41. The SMILES string of the molecule is N#CCCOc1c(C#N)oc2ccccc12. The quantitative estimate of drug-likeness (QED) is 0.733. The Bertz CT molecular complexity index is 587. The summed E-state index contributed by atoms with van der Waals surface area (Å²) in [6.07, 6.45) is 0.282. The van der Waals surface area contributed by atoms with Crippen molar-refractivity contribution < 1.29 is 9.15 Å². The largest absolute Gasteiger partial charge is 0.487 e. The number of benzene rings is 1. The van der Waals surface area contributed by atoms with Crippen LogP contribution in [-0.4, -0.2) is 6.61 Å². The first kappa shape index (κ1) is 10.1. The van der Waals surface area contributed by atoms with Crippen molar-refractivity contribution >= 4 is 11.0 Å². The molecule has 1 aromatic carbocycles. The predicted molar refractivity (Wildman–Crippen MR) is 56.7 cm³/mol. The van der Waals surface area contributed by atoms with Gasteiger partial charge in [-0.15, -0.1) is 0 Å². The first-order chi connectivity index (χ1) is 7.86. The first-order valence-corrected chi connectivity index (χ1v) is 4.78. The Labute approximate surface area is 92.3 Å². The number of furan rings is 1. The molecule has 0 atom stereocenters. The van der Waals surface area contributed by atoms with Crippen LogP contribution < -0.4 is 4.74 Å².